The molecular weight excluding hydrogens is 230 g/mol. The zero-order chi connectivity index (χ0) is 13.4. The number of nitrogens with two attached hydrogens (primary N) is 1. The van der Waals surface area contributed by atoms with Crippen LogP contribution in [0.2, 0.25) is 0 Å². The molecule has 100 valence electrons. The Balaban J connectivity index is 2.62. The first-order valence-electron chi connectivity index (χ1n) is 5.97. The molecule has 18 heavy (non-hydrogen) atoms. The molecule has 0 aliphatic heterocycles. The number of amidine groups is 1. The second-order valence-electron chi connectivity index (χ2n) is 4.21. The summed E-state index contributed by atoms with van der Waals surface area (Å²) in [6.45, 7) is 3.51. The lowest BCUT2D eigenvalue weighted by Crippen LogP contribution is -2.28. The molecule has 0 radical (unpaired) electrons. The van der Waals surface area contributed by atoms with Gasteiger partial charge in [-0.1, -0.05) is 29.4 Å². The number of hydrogen-bond donors (Lipinski definition) is 3. The van der Waals surface area contributed by atoms with Crippen LogP contribution in [0.5, 0.6) is 0 Å². The van der Waals surface area contributed by atoms with Gasteiger partial charge in [0, 0.05) is 31.9 Å². The summed E-state index contributed by atoms with van der Waals surface area (Å²) in [6.07, 6.45) is 0.947. The SMILES string of the molecule is COCCC(C)NCc1ccccc1C(N)=NO. The summed E-state index contributed by atoms with van der Waals surface area (Å²) < 4.78 is 5.03. The summed E-state index contributed by atoms with van der Waals surface area (Å²) in [7, 11) is 1.69. The van der Waals surface area contributed by atoms with Gasteiger partial charge in [0.1, 0.15) is 0 Å². The molecule has 0 spiro atoms. The predicted molar refractivity (Wildman–Crippen MR) is 71.7 cm³/mol. The Morgan fingerprint density at radius 3 is 2.89 bits per heavy atom. The highest BCUT2D eigenvalue weighted by molar-refractivity contribution is 5.98. The summed E-state index contributed by atoms with van der Waals surface area (Å²) in [4.78, 5) is 0. The Morgan fingerprint density at radius 1 is 1.50 bits per heavy atom. The van der Waals surface area contributed by atoms with Crippen molar-refractivity contribution in [1.29, 1.82) is 0 Å². The average Bonchev–Trinajstić information content (AvgIpc) is 2.42. The number of methoxy groups -OCH3 is 1. The average molecular weight is 251 g/mol. The van der Waals surface area contributed by atoms with E-state index in [0.717, 1.165) is 24.2 Å². The summed E-state index contributed by atoms with van der Waals surface area (Å²) in [6, 6.07) is 7.95. The van der Waals surface area contributed by atoms with Crippen molar-refractivity contribution in [2.24, 2.45) is 10.9 Å². The standard InChI is InChI=1S/C13H21N3O2/c1-10(7-8-18-2)15-9-11-5-3-4-6-12(11)13(14)16-17/h3-6,10,15,17H,7-9H2,1-2H3,(H2,14,16). The molecule has 0 aliphatic carbocycles. The molecule has 0 saturated heterocycles. The van der Waals surface area contributed by atoms with Gasteiger partial charge in [-0.15, -0.1) is 0 Å². The minimum Gasteiger partial charge on any atom is -0.409 e. The minimum atomic E-state index is 0.136. The first kappa shape index (κ1) is 14.5. The number of ether oxygens (including phenoxy) is 1. The zero-order valence-electron chi connectivity index (χ0n) is 10.9. The quantitative estimate of drug-likeness (QED) is 0.295. The number of benzene rings is 1. The zero-order valence-corrected chi connectivity index (χ0v) is 10.9. The Kier molecular flexibility index (Phi) is 6.18. The van der Waals surface area contributed by atoms with Crippen LogP contribution in [-0.2, 0) is 11.3 Å². The first-order valence-corrected chi connectivity index (χ1v) is 5.97. The smallest absolute Gasteiger partial charge is 0.170 e. The van der Waals surface area contributed by atoms with Gasteiger partial charge in [0.05, 0.1) is 0 Å². The second kappa shape index (κ2) is 7.68. The molecule has 5 nitrogen and oxygen atoms in total. The van der Waals surface area contributed by atoms with E-state index in [1.807, 2.05) is 24.3 Å². The van der Waals surface area contributed by atoms with Crippen LogP contribution in [0.4, 0.5) is 0 Å². The number of hydrogen-bond acceptors (Lipinski definition) is 4. The van der Waals surface area contributed by atoms with E-state index in [1.165, 1.54) is 0 Å². The monoisotopic (exact) mass is 251 g/mol. The Labute approximate surface area is 108 Å². The maximum Gasteiger partial charge on any atom is 0.170 e. The molecule has 0 fully saturated rings. The molecule has 1 unspecified atom stereocenters. The van der Waals surface area contributed by atoms with Gasteiger partial charge in [0.2, 0.25) is 0 Å². The van der Waals surface area contributed by atoms with Gasteiger partial charge >= 0.3 is 0 Å². The van der Waals surface area contributed by atoms with Crippen LogP contribution >= 0.6 is 0 Å². The van der Waals surface area contributed by atoms with E-state index in [0.29, 0.717) is 12.6 Å². The van der Waals surface area contributed by atoms with Crippen LogP contribution in [-0.4, -0.2) is 30.8 Å². The number of oxime groups is 1. The molecule has 0 aromatic heterocycles. The van der Waals surface area contributed by atoms with E-state index in [1.54, 1.807) is 7.11 Å². The van der Waals surface area contributed by atoms with E-state index in [2.05, 4.69) is 17.4 Å². The molecule has 4 N–H and O–H groups in total. The minimum absolute atomic E-state index is 0.136. The van der Waals surface area contributed by atoms with Crippen molar-refractivity contribution in [2.75, 3.05) is 13.7 Å². The molecule has 5 heteroatoms. The van der Waals surface area contributed by atoms with Gasteiger partial charge in [0.25, 0.3) is 0 Å². The van der Waals surface area contributed by atoms with Crippen LogP contribution < -0.4 is 11.1 Å². The summed E-state index contributed by atoms with van der Waals surface area (Å²) >= 11 is 0. The fourth-order valence-corrected chi connectivity index (χ4v) is 1.66. The molecular formula is C13H21N3O2. The Hall–Kier alpha value is -1.59. The van der Waals surface area contributed by atoms with Crippen LogP contribution in [0.15, 0.2) is 29.4 Å². The van der Waals surface area contributed by atoms with Gasteiger partial charge in [0.15, 0.2) is 5.84 Å². The van der Waals surface area contributed by atoms with Gasteiger partial charge < -0.3 is 21.0 Å². The number of nitrogens with zero attached hydrogens (tertiary/aromatic N) is 1. The third-order valence-electron chi connectivity index (χ3n) is 2.80. The van der Waals surface area contributed by atoms with Crippen molar-refractivity contribution in [1.82, 2.24) is 5.32 Å². The highest BCUT2D eigenvalue weighted by Crippen LogP contribution is 2.08. The number of nitrogens with one attached hydrogen (secondary N) is 1. The molecule has 1 aromatic rings. The first-order chi connectivity index (χ1) is 8.69. The lowest BCUT2D eigenvalue weighted by molar-refractivity contribution is 0.184. The largest absolute Gasteiger partial charge is 0.409 e. The van der Waals surface area contributed by atoms with Crippen molar-refractivity contribution in [3.05, 3.63) is 35.4 Å². The van der Waals surface area contributed by atoms with Crippen LogP contribution in [0, 0.1) is 0 Å². The molecule has 0 aliphatic rings. The lowest BCUT2D eigenvalue weighted by atomic mass is 10.1. The maximum atomic E-state index is 8.73. The predicted octanol–water partition coefficient (Wildman–Crippen LogP) is 1.30. The van der Waals surface area contributed by atoms with Crippen molar-refractivity contribution in [3.63, 3.8) is 0 Å². The molecule has 1 atom stereocenters. The number of rotatable bonds is 7. The Morgan fingerprint density at radius 2 is 2.22 bits per heavy atom. The fraction of sp³-hybridized carbons (Fsp3) is 0.462. The van der Waals surface area contributed by atoms with Crippen molar-refractivity contribution in [2.45, 2.75) is 25.9 Å². The highest BCUT2D eigenvalue weighted by atomic mass is 16.5. The van der Waals surface area contributed by atoms with Gasteiger partial charge in [-0.25, -0.2) is 0 Å². The topological polar surface area (TPSA) is 79.9 Å². The lowest BCUT2D eigenvalue weighted by Gasteiger charge is -2.15. The summed E-state index contributed by atoms with van der Waals surface area (Å²) in [5.74, 6) is 0.136. The molecule has 1 rings (SSSR count). The van der Waals surface area contributed by atoms with Crippen LogP contribution in [0.3, 0.4) is 0 Å². The summed E-state index contributed by atoms with van der Waals surface area (Å²) in [5.41, 5.74) is 7.40. The van der Waals surface area contributed by atoms with E-state index < -0.39 is 0 Å². The molecule has 0 bridgehead atoms. The Bertz CT molecular complexity index is 394. The highest BCUT2D eigenvalue weighted by Gasteiger charge is 2.07. The van der Waals surface area contributed by atoms with E-state index in [-0.39, 0.29) is 5.84 Å². The van der Waals surface area contributed by atoms with E-state index in [9.17, 15) is 0 Å². The molecule has 0 saturated carbocycles. The molecule has 1 aromatic carbocycles. The van der Waals surface area contributed by atoms with Gasteiger partial charge in [-0.2, -0.15) is 0 Å². The van der Waals surface area contributed by atoms with E-state index >= 15 is 0 Å². The van der Waals surface area contributed by atoms with Gasteiger partial charge in [-0.05, 0) is 18.9 Å². The maximum absolute atomic E-state index is 8.73. The third-order valence-corrected chi connectivity index (χ3v) is 2.80. The molecule has 0 amide bonds. The van der Waals surface area contributed by atoms with Crippen molar-refractivity contribution < 1.29 is 9.94 Å². The van der Waals surface area contributed by atoms with Crippen LogP contribution in [0.25, 0.3) is 0 Å². The van der Waals surface area contributed by atoms with Crippen molar-refractivity contribution >= 4 is 5.84 Å². The summed E-state index contributed by atoms with van der Waals surface area (Å²) in [5, 5.41) is 15.2. The third kappa shape index (κ3) is 4.35. The van der Waals surface area contributed by atoms with Gasteiger partial charge in [-0.3, -0.25) is 0 Å². The second-order valence-corrected chi connectivity index (χ2v) is 4.21. The fourth-order valence-electron chi connectivity index (χ4n) is 1.66. The van der Waals surface area contributed by atoms with Crippen molar-refractivity contribution in [3.8, 4) is 0 Å². The molecule has 0 heterocycles. The van der Waals surface area contributed by atoms with E-state index in [4.69, 9.17) is 15.7 Å². The normalized spacial score (nSPS) is 13.6. The van der Waals surface area contributed by atoms with Crippen LogP contribution in [0.1, 0.15) is 24.5 Å².